The molecule has 0 aliphatic heterocycles. The standard InChI is InChI=1S/C8H8BrFN4O/c1-8(15,4-12-14-11)7-5(10)2-3-6(9)13-7/h2-3,15H,4H2,1H3. The highest BCUT2D eigenvalue weighted by Gasteiger charge is 2.27. The van der Waals surface area contributed by atoms with E-state index in [-0.39, 0.29) is 12.2 Å². The van der Waals surface area contributed by atoms with Gasteiger partial charge in [0, 0.05) is 4.91 Å². The van der Waals surface area contributed by atoms with Crippen molar-refractivity contribution in [2.75, 3.05) is 6.54 Å². The zero-order valence-electron chi connectivity index (χ0n) is 7.85. The van der Waals surface area contributed by atoms with Crippen molar-refractivity contribution in [2.45, 2.75) is 12.5 Å². The van der Waals surface area contributed by atoms with Gasteiger partial charge >= 0.3 is 0 Å². The van der Waals surface area contributed by atoms with E-state index in [4.69, 9.17) is 5.53 Å². The highest BCUT2D eigenvalue weighted by atomic mass is 79.9. The average Bonchev–Trinajstić information content (AvgIpc) is 2.18. The van der Waals surface area contributed by atoms with Gasteiger partial charge in [-0.2, -0.15) is 0 Å². The van der Waals surface area contributed by atoms with Crippen LogP contribution in [0.25, 0.3) is 10.4 Å². The zero-order chi connectivity index (χ0) is 11.5. The first-order valence-electron chi connectivity index (χ1n) is 4.03. The number of hydrogen-bond acceptors (Lipinski definition) is 3. The highest BCUT2D eigenvalue weighted by molar-refractivity contribution is 9.10. The Balaban J connectivity index is 3.12. The molecule has 0 spiro atoms. The van der Waals surface area contributed by atoms with E-state index < -0.39 is 11.4 Å². The summed E-state index contributed by atoms with van der Waals surface area (Å²) in [6, 6.07) is 2.60. The van der Waals surface area contributed by atoms with Crippen LogP contribution in [0, 0.1) is 5.82 Å². The van der Waals surface area contributed by atoms with E-state index in [0.29, 0.717) is 4.60 Å². The van der Waals surface area contributed by atoms with E-state index in [2.05, 4.69) is 30.9 Å². The molecule has 0 bridgehead atoms. The molecule has 1 heterocycles. The summed E-state index contributed by atoms with van der Waals surface area (Å²) in [5, 5.41) is 13.0. The Hall–Kier alpha value is -1.17. The molecule has 0 saturated carbocycles. The predicted molar refractivity (Wildman–Crippen MR) is 55.5 cm³/mol. The van der Waals surface area contributed by atoms with Crippen molar-refractivity contribution in [3.05, 3.63) is 38.7 Å². The van der Waals surface area contributed by atoms with E-state index >= 15 is 0 Å². The van der Waals surface area contributed by atoms with E-state index in [1.54, 1.807) is 0 Å². The number of rotatable bonds is 3. The van der Waals surface area contributed by atoms with Crippen LogP contribution >= 0.6 is 15.9 Å². The van der Waals surface area contributed by atoms with Gasteiger partial charge in [-0.3, -0.25) is 0 Å². The molecule has 1 rings (SSSR count). The summed E-state index contributed by atoms with van der Waals surface area (Å²) in [5.74, 6) is -0.642. The summed E-state index contributed by atoms with van der Waals surface area (Å²) in [7, 11) is 0. The number of halogens is 2. The lowest BCUT2D eigenvalue weighted by Crippen LogP contribution is -2.27. The van der Waals surface area contributed by atoms with Crippen LogP contribution in [0.5, 0.6) is 0 Å². The molecule has 7 heteroatoms. The summed E-state index contributed by atoms with van der Waals surface area (Å²) >= 11 is 3.06. The molecule has 1 N–H and O–H groups in total. The maximum atomic E-state index is 13.3. The van der Waals surface area contributed by atoms with Gasteiger partial charge in [-0.25, -0.2) is 9.37 Å². The molecule has 0 aromatic carbocycles. The van der Waals surface area contributed by atoms with Crippen LogP contribution < -0.4 is 0 Å². The molecule has 0 saturated heterocycles. The van der Waals surface area contributed by atoms with Gasteiger partial charge in [-0.15, -0.1) is 0 Å². The lowest BCUT2D eigenvalue weighted by atomic mass is 10.0. The molecule has 1 unspecified atom stereocenters. The summed E-state index contributed by atoms with van der Waals surface area (Å²) in [6.07, 6.45) is 0. The molecule has 0 amide bonds. The molecule has 0 radical (unpaired) electrons. The van der Waals surface area contributed by atoms with E-state index in [1.807, 2.05) is 0 Å². The van der Waals surface area contributed by atoms with Crippen LogP contribution in [0.2, 0.25) is 0 Å². The minimum Gasteiger partial charge on any atom is -0.384 e. The monoisotopic (exact) mass is 274 g/mol. The zero-order valence-corrected chi connectivity index (χ0v) is 9.44. The van der Waals surface area contributed by atoms with E-state index in [1.165, 1.54) is 19.1 Å². The minimum atomic E-state index is -1.61. The van der Waals surface area contributed by atoms with Crippen molar-refractivity contribution >= 4 is 15.9 Å². The fraction of sp³-hybridized carbons (Fsp3) is 0.375. The second kappa shape index (κ2) is 4.57. The number of pyridine rings is 1. The Morgan fingerprint density at radius 1 is 1.73 bits per heavy atom. The first-order valence-corrected chi connectivity index (χ1v) is 4.82. The van der Waals surface area contributed by atoms with Gasteiger partial charge in [0.05, 0.1) is 6.54 Å². The third kappa shape index (κ3) is 2.89. The SMILES string of the molecule is CC(O)(CN=[N+]=[N-])c1nc(Br)ccc1F. The van der Waals surface area contributed by atoms with Crippen LogP contribution in [0.1, 0.15) is 12.6 Å². The second-order valence-corrected chi connectivity index (χ2v) is 3.94. The Labute approximate surface area is 93.7 Å². The number of aliphatic hydroxyl groups is 1. The second-order valence-electron chi connectivity index (χ2n) is 3.13. The van der Waals surface area contributed by atoms with Crippen molar-refractivity contribution in [3.8, 4) is 0 Å². The normalized spacial score (nSPS) is 14.1. The number of aromatic nitrogens is 1. The summed E-state index contributed by atoms with van der Waals surface area (Å²) in [4.78, 5) is 6.31. The molecule has 0 fully saturated rings. The van der Waals surface area contributed by atoms with Crippen LogP contribution in [0.4, 0.5) is 4.39 Å². The highest BCUT2D eigenvalue weighted by Crippen LogP contribution is 2.23. The molecule has 1 atom stereocenters. The summed E-state index contributed by atoms with van der Waals surface area (Å²) < 4.78 is 13.7. The topological polar surface area (TPSA) is 81.9 Å². The van der Waals surface area contributed by atoms with Gasteiger partial charge in [-0.1, -0.05) is 5.11 Å². The Morgan fingerprint density at radius 3 is 3.00 bits per heavy atom. The van der Waals surface area contributed by atoms with E-state index in [9.17, 15) is 9.50 Å². The molecule has 80 valence electrons. The van der Waals surface area contributed by atoms with E-state index in [0.717, 1.165) is 0 Å². The minimum absolute atomic E-state index is 0.149. The first-order chi connectivity index (χ1) is 6.97. The van der Waals surface area contributed by atoms with Crippen molar-refractivity contribution in [1.82, 2.24) is 4.98 Å². The lowest BCUT2D eigenvalue weighted by molar-refractivity contribution is 0.0579. The quantitative estimate of drug-likeness (QED) is 0.398. The molecule has 0 aliphatic rings. The number of hydrogen-bond donors (Lipinski definition) is 1. The van der Waals surface area contributed by atoms with Crippen LogP contribution in [-0.4, -0.2) is 16.6 Å². The third-order valence-corrected chi connectivity index (χ3v) is 2.21. The molecular weight excluding hydrogens is 267 g/mol. The first kappa shape index (κ1) is 11.9. The molecule has 15 heavy (non-hydrogen) atoms. The van der Waals surface area contributed by atoms with Gasteiger partial charge in [0.15, 0.2) is 0 Å². The fourth-order valence-corrected chi connectivity index (χ4v) is 1.35. The predicted octanol–water partition coefficient (Wildman–Crippen LogP) is 2.50. The Morgan fingerprint density at radius 2 is 2.40 bits per heavy atom. The maximum absolute atomic E-state index is 13.3. The molecule has 1 aromatic rings. The Kier molecular flexibility index (Phi) is 3.62. The van der Waals surface area contributed by atoms with Gasteiger partial charge in [-0.05, 0) is 40.5 Å². The van der Waals surface area contributed by atoms with Crippen LogP contribution in [0.3, 0.4) is 0 Å². The van der Waals surface area contributed by atoms with Crippen LogP contribution in [-0.2, 0) is 5.60 Å². The molecule has 0 aliphatic carbocycles. The fourth-order valence-electron chi connectivity index (χ4n) is 1.04. The smallest absolute Gasteiger partial charge is 0.147 e. The van der Waals surface area contributed by atoms with Gasteiger partial charge in [0.1, 0.15) is 21.7 Å². The largest absolute Gasteiger partial charge is 0.384 e. The lowest BCUT2D eigenvalue weighted by Gasteiger charge is -2.20. The van der Waals surface area contributed by atoms with Gasteiger partial charge < -0.3 is 5.11 Å². The van der Waals surface area contributed by atoms with Crippen molar-refractivity contribution in [3.63, 3.8) is 0 Å². The van der Waals surface area contributed by atoms with Crippen molar-refractivity contribution in [2.24, 2.45) is 5.11 Å². The van der Waals surface area contributed by atoms with Crippen molar-refractivity contribution < 1.29 is 9.50 Å². The maximum Gasteiger partial charge on any atom is 0.147 e. The van der Waals surface area contributed by atoms with Crippen LogP contribution in [0.15, 0.2) is 21.9 Å². The average molecular weight is 275 g/mol. The third-order valence-electron chi connectivity index (χ3n) is 1.76. The summed E-state index contributed by atoms with van der Waals surface area (Å²) in [6.45, 7) is 1.06. The Bertz CT molecular complexity index is 417. The molecule has 5 nitrogen and oxygen atoms in total. The summed E-state index contributed by atoms with van der Waals surface area (Å²) in [5.41, 5.74) is 6.36. The molecule has 1 aromatic heterocycles. The van der Waals surface area contributed by atoms with Gasteiger partial charge in [0.25, 0.3) is 0 Å². The van der Waals surface area contributed by atoms with Gasteiger partial charge in [0.2, 0.25) is 0 Å². The number of nitrogens with zero attached hydrogens (tertiary/aromatic N) is 4. The van der Waals surface area contributed by atoms with Crippen molar-refractivity contribution in [1.29, 1.82) is 0 Å². The molecular formula is C8H8BrFN4O. The number of azide groups is 1.